The number of benzene rings is 2. The van der Waals surface area contributed by atoms with Crippen molar-refractivity contribution >= 4 is 46.8 Å². The van der Waals surface area contributed by atoms with Crippen molar-refractivity contribution in [2.24, 2.45) is 0 Å². The molecule has 3 atom stereocenters. The lowest BCUT2D eigenvalue weighted by atomic mass is 9.86. The molecular formula is C30H33Cl3N4O4. The number of carbonyl (C=O) groups excluding carboxylic acids is 2. The van der Waals surface area contributed by atoms with Gasteiger partial charge in [-0.25, -0.2) is 9.48 Å². The second kappa shape index (κ2) is 11.1. The Bertz CT molecular complexity index is 1470. The van der Waals surface area contributed by atoms with Crippen LogP contribution in [0.2, 0.25) is 15.1 Å². The fourth-order valence-corrected chi connectivity index (χ4v) is 6.51. The minimum Gasteiger partial charge on any atom is -0.444 e. The van der Waals surface area contributed by atoms with Gasteiger partial charge in [0.1, 0.15) is 5.60 Å². The number of ether oxygens (including phenoxy) is 1. The zero-order valence-corrected chi connectivity index (χ0v) is 25.6. The molecule has 2 saturated heterocycles. The molecule has 2 bridgehead atoms. The fraction of sp³-hybridized carbons (Fsp3) is 0.433. The molecule has 41 heavy (non-hydrogen) atoms. The molecule has 3 aromatic rings. The van der Waals surface area contributed by atoms with Gasteiger partial charge >= 0.3 is 6.09 Å². The molecule has 1 unspecified atom stereocenters. The first-order valence-electron chi connectivity index (χ1n) is 13.6. The Balaban J connectivity index is 1.38. The van der Waals surface area contributed by atoms with Crippen molar-refractivity contribution in [1.82, 2.24) is 20.0 Å². The highest BCUT2D eigenvalue weighted by atomic mass is 35.5. The summed E-state index contributed by atoms with van der Waals surface area (Å²) in [7, 11) is 0. The molecule has 5 rings (SSSR count). The first-order chi connectivity index (χ1) is 19.2. The maximum absolute atomic E-state index is 13.5. The van der Waals surface area contributed by atoms with E-state index in [2.05, 4.69) is 10.4 Å². The van der Waals surface area contributed by atoms with E-state index in [1.165, 1.54) is 0 Å². The highest BCUT2D eigenvalue weighted by Gasteiger charge is 2.50. The number of halogens is 3. The summed E-state index contributed by atoms with van der Waals surface area (Å²) >= 11 is 18.8. The normalized spacial score (nSPS) is 22.1. The Morgan fingerprint density at radius 2 is 1.66 bits per heavy atom. The number of piperidine rings is 1. The van der Waals surface area contributed by atoms with Crippen molar-refractivity contribution in [3.05, 3.63) is 68.8 Å². The van der Waals surface area contributed by atoms with Gasteiger partial charge in [-0.05, 0) is 83.7 Å². The van der Waals surface area contributed by atoms with E-state index < -0.39 is 17.1 Å². The average Bonchev–Trinajstić information content (AvgIpc) is 3.36. The Hall–Kier alpha value is -2.78. The number of nitrogens with zero attached hydrogens (tertiary/aromatic N) is 3. The van der Waals surface area contributed by atoms with Crippen molar-refractivity contribution < 1.29 is 19.4 Å². The van der Waals surface area contributed by atoms with Crippen molar-refractivity contribution in [2.45, 2.75) is 76.7 Å². The zero-order valence-electron chi connectivity index (χ0n) is 23.4. The topological polar surface area (TPSA) is 96.7 Å². The highest BCUT2D eigenvalue weighted by Crippen LogP contribution is 2.41. The lowest BCUT2D eigenvalue weighted by Gasteiger charge is -2.43. The lowest BCUT2D eigenvalue weighted by molar-refractivity contribution is -0.0563. The third-order valence-electron chi connectivity index (χ3n) is 7.63. The molecule has 3 heterocycles. The van der Waals surface area contributed by atoms with E-state index in [-0.39, 0.29) is 30.4 Å². The number of hydrogen-bond acceptors (Lipinski definition) is 5. The summed E-state index contributed by atoms with van der Waals surface area (Å²) in [5.41, 5.74) is 1.14. The summed E-state index contributed by atoms with van der Waals surface area (Å²) in [6, 6.07) is 12.0. The van der Waals surface area contributed by atoms with Crippen molar-refractivity contribution in [1.29, 1.82) is 0 Å². The summed E-state index contributed by atoms with van der Waals surface area (Å²) in [5, 5.41) is 20.5. The number of nitrogens with one attached hydrogen (secondary N) is 1. The summed E-state index contributed by atoms with van der Waals surface area (Å²) in [4.78, 5) is 28.1. The molecule has 218 valence electrons. The van der Waals surface area contributed by atoms with Crippen LogP contribution in [-0.4, -0.2) is 61.6 Å². The van der Waals surface area contributed by atoms with Gasteiger partial charge in [-0.15, -0.1) is 0 Å². The Labute approximate surface area is 254 Å². The van der Waals surface area contributed by atoms with Gasteiger partial charge in [-0.2, -0.15) is 5.10 Å². The van der Waals surface area contributed by atoms with Crippen LogP contribution in [0.1, 0.15) is 62.5 Å². The van der Waals surface area contributed by atoms with E-state index in [1.807, 2.05) is 39.8 Å². The number of aromatic nitrogens is 2. The molecule has 1 aromatic heterocycles. The predicted octanol–water partition coefficient (Wildman–Crippen LogP) is 6.83. The third-order valence-corrected chi connectivity index (χ3v) is 8.42. The molecule has 2 aliphatic heterocycles. The number of fused-ring (bicyclic) bond motifs is 2. The predicted molar refractivity (Wildman–Crippen MR) is 160 cm³/mol. The molecule has 0 saturated carbocycles. The van der Waals surface area contributed by atoms with E-state index in [9.17, 15) is 14.7 Å². The SMILES string of the molecule is Cc1c(C(=O)NCC2(O)C[C@H]3CC[C@@H](C2)N3C(=O)OC(C)(C)C)nn(-c2ccc(Cl)cc2Cl)c1-c1ccc(Cl)cc1. The molecule has 2 fully saturated rings. The van der Waals surface area contributed by atoms with Gasteiger partial charge in [-0.3, -0.25) is 4.79 Å². The second-order valence-electron chi connectivity index (χ2n) is 11.9. The van der Waals surface area contributed by atoms with Crippen molar-refractivity contribution in [2.75, 3.05) is 6.54 Å². The molecule has 0 radical (unpaired) electrons. The van der Waals surface area contributed by atoms with Gasteiger partial charge in [0.25, 0.3) is 5.91 Å². The Kier molecular flexibility index (Phi) is 8.07. The van der Waals surface area contributed by atoms with E-state index in [4.69, 9.17) is 39.5 Å². The molecule has 11 heteroatoms. The lowest BCUT2D eigenvalue weighted by Crippen LogP contribution is -2.57. The van der Waals surface area contributed by atoms with E-state index in [0.717, 1.165) is 18.4 Å². The van der Waals surface area contributed by atoms with Crippen molar-refractivity contribution in [3.8, 4) is 16.9 Å². The summed E-state index contributed by atoms with van der Waals surface area (Å²) in [6.07, 6.45) is 1.93. The largest absolute Gasteiger partial charge is 0.444 e. The molecular weight excluding hydrogens is 587 g/mol. The molecule has 2 aliphatic rings. The monoisotopic (exact) mass is 618 g/mol. The minimum atomic E-state index is -1.16. The van der Waals surface area contributed by atoms with Crippen molar-refractivity contribution in [3.63, 3.8) is 0 Å². The molecule has 2 amide bonds. The zero-order chi connectivity index (χ0) is 29.7. The Morgan fingerprint density at radius 1 is 1.05 bits per heavy atom. The van der Waals surface area contributed by atoms with Gasteiger partial charge in [0.15, 0.2) is 5.69 Å². The molecule has 2 N–H and O–H groups in total. The number of aliphatic hydroxyl groups is 1. The minimum absolute atomic E-state index is 0.0330. The maximum Gasteiger partial charge on any atom is 0.410 e. The number of carbonyl (C=O) groups is 2. The van der Waals surface area contributed by atoms with E-state index >= 15 is 0 Å². The summed E-state index contributed by atoms with van der Waals surface area (Å²) in [6.45, 7) is 7.37. The number of amides is 2. The van der Waals surface area contributed by atoms with Crippen LogP contribution in [0.4, 0.5) is 4.79 Å². The van der Waals surface area contributed by atoms with Gasteiger partial charge in [0.05, 0.1) is 22.0 Å². The van der Waals surface area contributed by atoms with Gasteiger partial charge in [-0.1, -0.05) is 46.9 Å². The quantitative estimate of drug-likeness (QED) is 0.326. The maximum atomic E-state index is 13.5. The smallest absolute Gasteiger partial charge is 0.410 e. The fourth-order valence-electron chi connectivity index (χ4n) is 5.89. The average molecular weight is 620 g/mol. The van der Waals surface area contributed by atoms with Crippen LogP contribution >= 0.6 is 34.8 Å². The first-order valence-corrected chi connectivity index (χ1v) is 14.7. The summed E-state index contributed by atoms with van der Waals surface area (Å²) in [5.74, 6) is -0.420. The van der Waals surface area contributed by atoms with Crippen LogP contribution in [0.5, 0.6) is 0 Å². The standard InChI is InChI=1S/C30H33Cl3N4O4/c1-17-25(35-37(24-12-9-20(32)13-23(24)33)26(17)18-5-7-19(31)8-6-18)27(38)34-16-30(40)14-21-10-11-22(15-30)36(21)28(39)41-29(2,3)4/h5-9,12-13,21-22,40H,10-11,14-16H2,1-4H3,(H,34,38)/t21-,22+,30?. The highest BCUT2D eigenvalue weighted by molar-refractivity contribution is 6.35. The number of rotatable bonds is 5. The summed E-state index contributed by atoms with van der Waals surface area (Å²) < 4.78 is 7.23. The third kappa shape index (κ3) is 6.21. The van der Waals surface area contributed by atoms with Crippen LogP contribution in [0.3, 0.4) is 0 Å². The van der Waals surface area contributed by atoms with Crippen LogP contribution in [0.15, 0.2) is 42.5 Å². The Morgan fingerprint density at radius 3 is 2.24 bits per heavy atom. The molecule has 0 aliphatic carbocycles. The number of hydrogen-bond donors (Lipinski definition) is 2. The van der Waals surface area contributed by atoms with Crippen LogP contribution in [-0.2, 0) is 4.74 Å². The van der Waals surface area contributed by atoms with E-state index in [1.54, 1.807) is 39.9 Å². The molecule has 8 nitrogen and oxygen atoms in total. The van der Waals surface area contributed by atoms with Gasteiger partial charge in [0, 0.05) is 39.8 Å². The molecule has 0 spiro atoms. The van der Waals surface area contributed by atoms with Crippen LogP contribution in [0, 0.1) is 6.92 Å². The van der Waals surface area contributed by atoms with Gasteiger partial charge < -0.3 is 20.1 Å². The first kappa shape index (κ1) is 29.7. The second-order valence-corrected chi connectivity index (χ2v) is 13.2. The van der Waals surface area contributed by atoms with Crippen LogP contribution < -0.4 is 5.32 Å². The van der Waals surface area contributed by atoms with Gasteiger partial charge in [0.2, 0.25) is 0 Å². The van der Waals surface area contributed by atoms with E-state index in [0.29, 0.717) is 44.9 Å². The molecule has 2 aromatic carbocycles. The van der Waals surface area contributed by atoms with Crippen LogP contribution in [0.25, 0.3) is 16.9 Å².